The number of alkyl halides is 3. The minimum Gasteiger partial charge on any atom is -0.504 e. The lowest BCUT2D eigenvalue weighted by atomic mass is 9.98. The third-order valence-electron chi connectivity index (χ3n) is 3.44. The number of phenols is 2. The van der Waals surface area contributed by atoms with Gasteiger partial charge in [-0.25, -0.2) is 4.79 Å². The summed E-state index contributed by atoms with van der Waals surface area (Å²) in [7, 11) is 0. The molecule has 1 aromatic carbocycles. The van der Waals surface area contributed by atoms with Crippen molar-refractivity contribution in [1.82, 2.24) is 4.98 Å². The Morgan fingerprint density at radius 2 is 1.89 bits per heavy atom. The van der Waals surface area contributed by atoms with Crippen LogP contribution < -0.4 is 16.2 Å². The molecule has 0 bridgehead atoms. The summed E-state index contributed by atoms with van der Waals surface area (Å²) in [6.07, 6.45) is -4.76. The Morgan fingerprint density at radius 1 is 1.30 bits per heavy atom. The van der Waals surface area contributed by atoms with Gasteiger partial charge in [0.2, 0.25) is 11.6 Å². The monoisotopic (exact) mass is 384 g/mol. The summed E-state index contributed by atoms with van der Waals surface area (Å²) < 4.78 is 37.2. The van der Waals surface area contributed by atoms with Gasteiger partial charge in [-0.15, -0.1) is 0 Å². The van der Waals surface area contributed by atoms with Crippen molar-refractivity contribution in [3.05, 3.63) is 28.8 Å². The van der Waals surface area contributed by atoms with Gasteiger partial charge in [-0.3, -0.25) is 0 Å². The molecule has 3 rings (SSSR count). The van der Waals surface area contributed by atoms with Gasteiger partial charge in [0.1, 0.15) is 17.5 Å². The van der Waals surface area contributed by atoms with Gasteiger partial charge in [0.25, 0.3) is 0 Å². The number of ether oxygens (including phenoxy) is 1. The highest BCUT2D eigenvalue weighted by Gasteiger charge is 2.38. The number of benzene rings is 1. The molecule has 2 aromatic rings. The fraction of sp³-hybridized carbons (Fsp3) is 0.133. The molecule has 0 unspecified atom stereocenters. The maximum Gasteiger partial charge on any atom is 0.490 e. The molecule has 1 aliphatic rings. The number of aromatic nitrogens is 1. The zero-order valence-electron chi connectivity index (χ0n) is 13.2. The third-order valence-corrected chi connectivity index (χ3v) is 3.44. The number of nitrogen functional groups attached to an aromatic ring is 2. The van der Waals surface area contributed by atoms with Gasteiger partial charge >= 0.3 is 12.1 Å². The van der Waals surface area contributed by atoms with Gasteiger partial charge in [-0.1, -0.05) is 6.07 Å². The molecule has 0 saturated carbocycles. The number of carbonyl (C=O) groups is 1. The van der Waals surface area contributed by atoms with E-state index in [9.17, 15) is 23.4 Å². The van der Waals surface area contributed by atoms with Crippen molar-refractivity contribution in [2.45, 2.75) is 12.6 Å². The van der Waals surface area contributed by atoms with E-state index in [1.54, 1.807) is 6.07 Å². The quantitative estimate of drug-likeness (QED) is 0.362. The number of pyridine rings is 1. The summed E-state index contributed by atoms with van der Waals surface area (Å²) in [6, 6.07) is 4.86. The number of carboxylic acids is 1. The average molecular weight is 384 g/mol. The molecule has 7 N–H and O–H groups in total. The minimum absolute atomic E-state index is 0.0353. The van der Waals surface area contributed by atoms with Crippen molar-refractivity contribution >= 4 is 17.5 Å². The van der Waals surface area contributed by atoms with E-state index in [4.69, 9.17) is 31.4 Å². The van der Waals surface area contributed by atoms with Crippen LogP contribution in [0.2, 0.25) is 0 Å². The summed E-state index contributed by atoms with van der Waals surface area (Å²) in [6.45, 7) is 0. The largest absolute Gasteiger partial charge is 0.504 e. The van der Waals surface area contributed by atoms with E-state index in [0.717, 1.165) is 0 Å². The van der Waals surface area contributed by atoms with Crippen LogP contribution in [0.15, 0.2) is 12.1 Å². The summed E-state index contributed by atoms with van der Waals surface area (Å²) in [5.74, 6) is -3.20. The summed E-state index contributed by atoms with van der Waals surface area (Å²) in [5.41, 5.74) is 13.0. The smallest absolute Gasteiger partial charge is 0.490 e. The van der Waals surface area contributed by atoms with Crippen molar-refractivity contribution in [3.8, 4) is 29.2 Å². The average Bonchev–Trinajstić information content (AvgIpc) is 2.57. The number of nitrogens with two attached hydrogens (primary N) is 2. The fourth-order valence-corrected chi connectivity index (χ4v) is 2.15. The summed E-state index contributed by atoms with van der Waals surface area (Å²) >= 11 is 0. The van der Waals surface area contributed by atoms with Crippen LogP contribution in [0, 0.1) is 11.3 Å². The Bertz CT molecular complexity index is 970. The molecule has 0 radical (unpaired) electrons. The lowest BCUT2D eigenvalue weighted by Gasteiger charge is -2.22. The second-order valence-corrected chi connectivity index (χ2v) is 5.18. The maximum atomic E-state index is 10.6. The van der Waals surface area contributed by atoms with E-state index in [2.05, 4.69) is 4.98 Å². The van der Waals surface area contributed by atoms with Crippen LogP contribution in [-0.4, -0.2) is 32.4 Å². The number of aliphatic carboxylic acids is 1. The first-order valence-corrected chi connectivity index (χ1v) is 6.97. The number of hydrogen-bond acceptors (Lipinski definition) is 8. The molecule has 2 heterocycles. The SMILES string of the molecule is N#Cc1c(N)nc2c(c1N)Cc1ccc(O)c(O)c1O2.O=C(O)C(F)(F)F. The van der Waals surface area contributed by atoms with E-state index < -0.39 is 12.1 Å². The number of anilines is 2. The van der Waals surface area contributed by atoms with Gasteiger partial charge in [-0.2, -0.15) is 23.4 Å². The fourth-order valence-electron chi connectivity index (χ4n) is 2.15. The molecule has 1 aliphatic heterocycles. The lowest BCUT2D eigenvalue weighted by molar-refractivity contribution is -0.192. The number of nitriles is 1. The highest BCUT2D eigenvalue weighted by molar-refractivity contribution is 5.73. The van der Waals surface area contributed by atoms with Crippen molar-refractivity contribution in [3.63, 3.8) is 0 Å². The van der Waals surface area contributed by atoms with Gasteiger partial charge in [0, 0.05) is 17.5 Å². The number of nitrogens with zero attached hydrogens (tertiary/aromatic N) is 2. The Hall–Kier alpha value is -3.88. The first-order valence-electron chi connectivity index (χ1n) is 6.97. The maximum absolute atomic E-state index is 10.6. The number of phenolic OH excluding ortho intramolecular Hbond substituents is 2. The van der Waals surface area contributed by atoms with Gasteiger partial charge in [0.15, 0.2) is 11.5 Å². The van der Waals surface area contributed by atoms with Crippen LogP contribution in [0.25, 0.3) is 0 Å². The molecule has 0 aliphatic carbocycles. The Labute approximate surface area is 148 Å². The Kier molecular flexibility index (Phi) is 4.89. The number of halogens is 3. The van der Waals surface area contributed by atoms with Crippen molar-refractivity contribution in [1.29, 1.82) is 5.26 Å². The second kappa shape index (κ2) is 6.79. The second-order valence-electron chi connectivity index (χ2n) is 5.18. The zero-order chi connectivity index (χ0) is 20.5. The van der Waals surface area contributed by atoms with Crippen LogP contribution >= 0.6 is 0 Å². The van der Waals surface area contributed by atoms with Gasteiger partial charge in [0.05, 0.1) is 5.69 Å². The van der Waals surface area contributed by atoms with Crippen molar-refractivity contribution in [2.24, 2.45) is 0 Å². The van der Waals surface area contributed by atoms with Crippen LogP contribution in [0.4, 0.5) is 24.7 Å². The predicted molar refractivity (Wildman–Crippen MR) is 84.1 cm³/mol. The molecule has 12 heteroatoms. The molecule has 0 spiro atoms. The minimum atomic E-state index is -5.08. The number of rotatable bonds is 0. The molecule has 0 fully saturated rings. The highest BCUT2D eigenvalue weighted by atomic mass is 19.4. The van der Waals surface area contributed by atoms with Crippen LogP contribution in [0.1, 0.15) is 16.7 Å². The molecular formula is C15H11F3N4O5. The van der Waals surface area contributed by atoms with Crippen molar-refractivity contribution in [2.75, 3.05) is 11.5 Å². The molecular weight excluding hydrogens is 373 g/mol. The number of hydrogen-bond donors (Lipinski definition) is 5. The van der Waals surface area contributed by atoms with Crippen molar-refractivity contribution < 1.29 is 38.0 Å². The van der Waals surface area contributed by atoms with E-state index in [1.165, 1.54) is 6.07 Å². The molecule has 0 atom stereocenters. The van der Waals surface area contributed by atoms with E-state index in [0.29, 0.717) is 17.5 Å². The zero-order valence-corrected chi connectivity index (χ0v) is 13.2. The van der Waals surface area contributed by atoms with E-state index >= 15 is 0 Å². The molecule has 9 nitrogen and oxygen atoms in total. The third kappa shape index (κ3) is 3.71. The van der Waals surface area contributed by atoms with Crippen LogP contribution in [0.3, 0.4) is 0 Å². The Morgan fingerprint density at radius 3 is 2.41 bits per heavy atom. The van der Waals surface area contributed by atoms with E-state index in [1.807, 2.05) is 6.07 Å². The van der Waals surface area contributed by atoms with E-state index in [-0.39, 0.29) is 40.2 Å². The number of fused-ring (bicyclic) bond motifs is 2. The van der Waals surface area contributed by atoms with Gasteiger partial charge < -0.3 is 31.5 Å². The number of aromatic hydroxyl groups is 2. The summed E-state index contributed by atoms with van der Waals surface area (Å²) in [5, 5.41) is 35.4. The predicted octanol–water partition coefficient (Wildman–Crippen LogP) is 1.86. The highest BCUT2D eigenvalue weighted by Crippen LogP contribution is 2.47. The summed E-state index contributed by atoms with van der Waals surface area (Å²) in [4.78, 5) is 12.9. The molecule has 0 amide bonds. The van der Waals surface area contributed by atoms with Gasteiger partial charge in [-0.05, 0) is 6.07 Å². The first kappa shape index (κ1) is 19.4. The van der Waals surface area contributed by atoms with Crippen LogP contribution in [-0.2, 0) is 11.2 Å². The van der Waals surface area contributed by atoms with Crippen LogP contribution in [0.5, 0.6) is 23.1 Å². The molecule has 27 heavy (non-hydrogen) atoms. The normalized spacial score (nSPS) is 11.8. The Balaban J connectivity index is 0.000000321. The number of carboxylic acid groups (broad SMARTS) is 1. The standard InChI is InChI=1S/C13H10N4O3.C2HF3O2/c14-4-7-9(15)6-3-5-1-2-8(18)10(19)11(5)20-13(6)17-12(7)16;3-2(4,5)1(6)7/h1-2,18-19H,3H2,(H4,15,16,17);(H,6,7). The molecule has 142 valence electrons. The lowest BCUT2D eigenvalue weighted by Crippen LogP contribution is -2.21. The topological polar surface area (TPSA) is 176 Å². The molecule has 0 saturated heterocycles. The molecule has 1 aromatic heterocycles. The first-order chi connectivity index (χ1) is 12.5.